The Morgan fingerprint density at radius 2 is 2.06 bits per heavy atom. The zero-order valence-electron chi connectivity index (χ0n) is 9.90. The lowest BCUT2D eigenvalue weighted by molar-refractivity contribution is 0.471. The summed E-state index contributed by atoms with van der Waals surface area (Å²) in [6.07, 6.45) is 2.97. The predicted octanol–water partition coefficient (Wildman–Crippen LogP) is 3.42. The molecule has 17 heavy (non-hydrogen) atoms. The van der Waals surface area contributed by atoms with E-state index in [9.17, 15) is 4.79 Å². The Morgan fingerprint density at radius 1 is 1.29 bits per heavy atom. The van der Waals surface area contributed by atoms with Crippen molar-refractivity contribution in [1.82, 2.24) is 4.57 Å². The summed E-state index contributed by atoms with van der Waals surface area (Å²) in [6.45, 7) is 2.93. The number of nitrogens with zero attached hydrogens (tertiary/aromatic N) is 1. The third-order valence-electron chi connectivity index (χ3n) is 3.14. The maximum atomic E-state index is 12.2. The molecule has 0 aliphatic rings. The van der Waals surface area contributed by atoms with Gasteiger partial charge in [-0.1, -0.05) is 47.5 Å². The van der Waals surface area contributed by atoms with Gasteiger partial charge in [0.25, 0.3) is 5.56 Å². The van der Waals surface area contributed by atoms with Crippen LogP contribution in [0.3, 0.4) is 0 Å². The third-order valence-corrected chi connectivity index (χ3v) is 4.05. The first-order valence-corrected chi connectivity index (χ1v) is 7.02. The first-order valence-electron chi connectivity index (χ1n) is 5.90. The summed E-state index contributed by atoms with van der Waals surface area (Å²) >= 11 is 3.49. The average molecular weight is 294 g/mol. The number of benzene rings is 1. The first-order chi connectivity index (χ1) is 8.26. The number of hydrogen-bond donors (Lipinski definition) is 0. The fourth-order valence-corrected chi connectivity index (χ4v) is 2.60. The van der Waals surface area contributed by atoms with Crippen molar-refractivity contribution in [2.75, 3.05) is 5.33 Å². The normalized spacial score (nSPS) is 12.8. The molecule has 0 N–H and O–H groups in total. The van der Waals surface area contributed by atoms with Crippen LogP contribution < -0.4 is 5.56 Å². The van der Waals surface area contributed by atoms with E-state index in [0.717, 1.165) is 29.1 Å². The minimum atomic E-state index is 0.113. The average Bonchev–Trinajstić information content (AvgIpc) is 2.38. The van der Waals surface area contributed by atoms with Crippen LogP contribution in [0, 0.1) is 5.92 Å². The Labute approximate surface area is 109 Å². The molecule has 0 spiro atoms. The van der Waals surface area contributed by atoms with Gasteiger partial charge >= 0.3 is 0 Å². The second kappa shape index (κ2) is 5.50. The number of pyridine rings is 1. The SMILES string of the molecule is CCC(CBr)Cn1ccc2ccccc2c1=O. The molecule has 0 saturated heterocycles. The van der Waals surface area contributed by atoms with Crippen molar-refractivity contribution in [2.45, 2.75) is 19.9 Å². The van der Waals surface area contributed by atoms with Crippen molar-refractivity contribution >= 4 is 26.7 Å². The monoisotopic (exact) mass is 293 g/mol. The van der Waals surface area contributed by atoms with E-state index < -0.39 is 0 Å². The van der Waals surface area contributed by atoms with E-state index in [1.165, 1.54) is 0 Å². The van der Waals surface area contributed by atoms with Crippen LogP contribution in [-0.2, 0) is 6.54 Å². The fourth-order valence-electron chi connectivity index (χ4n) is 1.94. The minimum absolute atomic E-state index is 0.113. The number of hydrogen-bond acceptors (Lipinski definition) is 1. The molecule has 0 aliphatic carbocycles. The van der Waals surface area contributed by atoms with Gasteiger partial charge in [-0.2, -0.15) is 0 Å². The fraction of sp³-hybridized carbons (Fsp3) is 0.357. The summed E-state index contributed by atoms with van der Waals surface area (Å²) in [4.78, 5) is 12.2. The second-order valence-corrected chi connectivity index (χ2v) is 4.94. The lowest BCUT2D eigenvalue weighted by Gasteiger charge is -2.13. The highest BCUT2D eigenvalue weighted by Crippen LogP contribution is 2.12. The van der Waals surface area contributed by atoms with Gasteiger partial charge in [0.15, 0.2) is 0 Å². The lowest BCUT2D eigenvalue weighted by Crippen LogP contribution is -2.24. The van der Waals surface area contributed by atoms with Crippen LogP contribution >= 0.6 is 15.9 Å². The molecule has 3 heteroatoms. The number of halogens is 1. The maximum Gasteiger partial charge on any atom is 0.258 e. The van der Waals surface area contributed by atoms with Gasteiger partial charge in [-0.3, -0.25) is 4.79 Å². The van der Waals surface area contributed by atoms with Gasteiger partial charge in [-0.25, -0.2) is 0 Å². The quantitative estimate of drug-likeness (QED) is 0.792. The molecule has 0 amide bonds. The third kappa shape index (κ3) is 2.60. The van der Waals surface area contributed by atoms with E-state index >= 15 is 0 Å². The largest absolute Gasteiger partial charge is 0.315 e. The Balaban J connectivity index is 2.42. The van der Waals surface area contributed by atoms with E-state index in [2.05, 4.69) is 22.9 Å². The van der Waals surface area contributed by atoms with E-state index in [0.29, 0.717) is 5.92 Å². The Hall–Kier alpha value is -1.09. The van der Waals surface area contributed by atoms with Crippen LogP contribution in [-0.4, -0.2) is 9.90 Å². The Kier molecular flexibility index (Phi) is 4.00. The number of aromatic nitrogens is 1. The van der Waals surface area contributed by atoms with Crippen molar-refractivity contribution in [2.24, 2.45) is 5.92 Å². The molecule has 1 unspecified atom stereocenters. The van der Waals surface area contributed by atoms with E-state index in [1.807, 2.05) is 41.1 Å². The lowest BCUT2D eigenvalue weighted by atomic mass is 10.1. The van der Waals surface area contributed by atoms with E-state index in [4.69, 9.17) is 0 Å². The zero-order valence-corrected chi connectivity index (χ0v) is 11.5. The van der Waals surface area contributed by atoms with Gasteiger partial charge in [0.05, 0.1) is 0 Å². The van der Waals surface area contributed by atoms with Crippen LogP contribution in [0.4, 0.5) is 0 Å². The van der Waals surface area contributed by atoms with Crippen molar-refractivity contribution in [3.63, 3.8) is 0 Å². The molecule has 2 aromatic rings. The van der Waals surface area contributed by atoms with Gasteiger partial charge in [0.1, 0.15) is 0 Å². The predicted molar refractivity (Wildman–Crippen MR) is 75.8 cm³/mol. The highest BCUT2D eigenvalue weighted by molar-refractivity contribution is 9.09. The Bertz CT molecular complexity index is 557. The minimum Gasteiger partial charge on any atom is -0.315 e. The first kappa shape index (κ1) is 12.4. The molecule has 90 valence electrons. The van der Waals surface area contributed by atoms with Crippen LogP contribution in [0.1, 0.15) is 13.3 Å². The number of rotatable bonds is 4. The molecule has 0 bridgehead atoms. The van der Waals surface area contributed by atoms with Gasteiger partial charge in [0, 0.05) is 23.5 Å². The molecule has 1 aromatic carbocycles. The number of alkyl halides is 1. The molecule has 0 saturated carbocycles. The molecule has 0 radical (unpaired) electrons. The van der Waals surface area contributed by atoms with Crippen molar-refractivity contribution in [3.05, 3.63) is 46.9 Å². The molecule has 2 nitrogen and oxygen atoms in total. The topological polar surface area (TPSA) is 22.0 Å². The summed E-state index contributed by atoms with van der Waals surface area (Å²) in [5.41, 5.74) is 0.113. The molecular formula is C14H16BrNO. The van der Waals surface area contributed by atoms with Crippen LogP contribution in [0.25, 0.3) is 10.8 Å². The summed E-state index contributed by atoms with van der Waals surface area (Å²) in [6, 6.07) is 9.75. The molecule has 1 aromatic heterocycles. The molecule has 1 heterocycles. The van der Waals surface area contributed by atoms with Gasteiger partial charge in [-0.15, -0.1) is 0 Å². The van der Waals surface area contributed by atoms with Crippen LogP contribution in [0.2, 0.25) is 0 Å². The van der Waals surface area contributed by atoms with Crippen LogP contribution in [0.15, 0.2) is 41.3 Å². The summed E-state index contributed by atoms with van der Waals surface area (Å²) in [5.74, 6) is 0.508. The molecule has 0 aliphatic heterocycles. The van der Waals surface area contributed by atoms with Gasteiger partial charge in [0.2, 0.25) is 0 Å². The van der Waals surface area contributed by atoms with Gasteiger partial charge in [-0.05, 0) is 23.4 Å². The maximum absolute atomic E-state index is 12.2. The van der Waals surface area contributed by atoms with Gasteiger partial charge < -0.3 is 4.57 Å². The summed E-state index contributed by atoms with van der Waals surface area (Å²) < 4.78 is 1.82. The van der Waals surface area contributed by atoms with E-state index in [1.54, 1.807) is 0 Å². The molecule has 0 fully saturated rings. The second-order valence-electron chi connectivity index (χ2n) is 4.29. The van der Waals surface area contributed by atoms with E-state index in [-0.39, 0.29) is 5.56 Å². The molecule has 2 rings (SSSR count). The highest BCUT2D eigenvalue weighted by atomic mass is 79.9. The highest BCUT2D eigenvalue weighted by Gasteiger charge is 2.08. The zero-order chi connectivity index (χ0) is 12.3. The van der Waals surface area contributed by atoms with Crippen molar-refractivity contribution in [1.29, 1.82) is 0 Å². The van der Waals surface area contributed by atoms with Crippen molar-refractivity contribution < 1.29 is 0 Å². The van der Waals surface area contributed by atoms with Crippen molar-refractivity contribution in [3.8, 4) is 0 Å². The molecular weight excluding hydrogens is 278 g/mol. The summed E-state index contributed by atoms with van der Waals surface area (Å²) in [5, 5.41) is 2.75. The number of fused-ring (bicyclic) bond motifs is 1. The Morgan fingerprint density at radius 3 is 2.76 bits per heavy atom. The summed E-state index contributed by atoms with van der Waals surface area (Å²) in [7, 11) is 0. The smallest absolute Gasteiger partial charge is 0.258 e. The standard InChI is InChI=1S/C14H16BrNO/c1-2-11(9-15)10-16-8-7-12-5-3-4-6-13(12)14(16)17/h3-8,11H,2,9-10H2,1H3. The van der Waals surface area contributed by atoms with Crippen LogP contribution in [0.5, 0.6) is 0 Å². The molecule has 1 atom stereocenters.